The second-order valence-corrected chi connectivity index (χ2v) is 6.63. The van der Waals surface area contributed by atoms with Crippen molar-refractivity contribution < 1.29 is 14.3 Å². The van der Waals surface area contributed by atoms with E-state index in [1.807, 2.05) is 55.5 Å². The third-order valence-corrected chi connectivity index (χ3v) is 4.73. The normalized spacial score (nSPS) is 14.0. The van der Waals surface area contributed by atoms with Gasteiger partial charge in [-0.3, -0.25) is 4.79 Å². The molecular weight excluding hydrogens is 342 g/mol. The van der Waals surface area contributed by atoms with Crippen LogP contribution < -0.4 is 10.1 Å². The highest BCUT2D eigenvalue weighted by Crippen LogP contribution is 2.22. The number of amides is 3. The average Bonchev–Trinajstić information content (AvgIpc) is 2.72. The lowest BCUT2D eigenvalue weighted by Gasteiger charge is -2.35. The molecule has 142 valence electrons. The Morgan fingerprint density at radius 2 is 1.67 bits per heavy atom. The largest absolute Gasteiger partial charge is 0.496 e. The van der Waals surface area contributed by atoms with Crippen molar-refractivity contribution in [1.29, 1.82) is 0 Å². The van der Waals surface area contributed by atoms with Crippen molar-refractivity contribution in [3.63, 3.8) is 0 Å². The molecule has 0 spiro atoms. The molecule has 0 aliphatic carbocycles. The molecule has 0 aromatic heterocycles. The summed E-state index contributed by atoms with van der Waals surface area (Å²) in [6, 6.07) is 15.3. The summed E-state index contributed by atoms with van der Waals surface area (Å²) >= 11 is 0. The minimum absolute atomic E-state index is 0.0557. The van der Waals surface area contributed by atoms with Gasteiger partial charge in [-0.2, -0.15) is 0 Å². The van der Waals surface area contributed by atoms with Gasteiger partial charge in [0, 0.05) is 32.7 Å². The number of carbonyl (C=O) groups excluding carboxylic acids is 2. The summed E-state index contributed by atoms with van der Waals surface area (Å²) in [7, 11) is 1.57. The Morgan fingerprint density at radius 3 is 2.33 bits per heavy atom. The van der Waals surface area contributed by atoms with Crippen LogP contribution in [0.25, 0.3) is 0 Å². The van der Waals surface area contributed by atoms with Gasteiger partial charge in [0.15, 0.2) is 0 Å². The van der Waals surface area contributed by atoms with E-state index < -0.39 is 0 Å². The number of nitrogens with one attached hydrogen (secondary N) is 1. The summed E-state index contributed by atoms with van der Waals surface area (Å²) in [5.41, 5.74) is 2.64. The Bertz CT molecular complexity index is 800. The highest BCUT2D eigenvalue weighted by atomic mass is 16.5. The number of ether oxygens (including phenoxy) is 1. The Kier molecular flexibility index (Phi) is 5.96. The first-order chi connectivity index (χ1) is 13.1. The minimum Gasteiger partial charge on any atom is -0.496 e. The molecule has 0 radical (unpaired) electrons. The molecule has 2 aromatic rings. The number of hydrogen-bond donors (Lipinski definition) is 1. The highest BCUT2D eigenvalue weighted by Gasteiger charge is 2.26. The predicted molar refractivity (Wildman–Crippen MR) is 104 cm³/mol. The number of aryl methyl sites for hydroxylation is 1. The molecule has 1 saturated heterocycles. The van der Waals surface area contributed by atoms with E-state index in [2.05, 4.69) is 5.32 Å². The van der Waals surface area contributed by atoms with Crippen molar-refractivity contribution in [3.05, 3.63) is 65.2 Å². The molecule has 0 bridgehead atoms. The zero-order chi connectivity index (χ0) is 19.2. The zero-order valence-corrected chi connectivity index (χ0v) is 15.8. The quantitative estimate of drug-likeness (QED) is 0.904. The summed E-state index contributed by atoms with van der Waals surface area (Å²) in [6.07, 6.45) is 0. The van der Waals surface area contributed by atoms with Crippen LogP contribution in [0.3, 0.4) is 0 Å². The van der Waals surface area contributed by atoms with Crippen molar-refractivity contribution >= 4 is 11.9 Å². The lowest BCUT2D eigenvalue weighted by atomic mass is 10.1. The molecular formula is C21H25N3O3. The number of carbonyl (C=O) groups is 2. The highest BCUT2D eigenvalue weighted by molar-refractivity contribution is 5.97. The van der Waals surface area contributed by atoms with Crippen LogP contribution in [0.15, 0.2) is 48.5 Å². The molecule has 2 aromatic carbocycles. The SMILES string of the molecule is COc1ccc(C)cc1C(=O)N1CCN(C(=O)NCc2ccccc2)CC1. The number of methoxy groups -OCH3 is 1. The van der Waals surface area contributed by atoms with Crippen molar-refractivity contribution in [1.82, 2.24) is 15.1 Å². The second-order valence-electron chi connectivity index (χ2n) is 6.63. The van der Waals surface area contributed by atoms with E-state index in [0.29, 0.717) is 44.0 Å². The maximum Gasteiger partial charge on any atom is 0.317 e. The van der Waals surface area contributed by atoms with E-state index in [1.54, 1.807) is 16.9 Å². The van der Waals surface area contributed by atoms with Crippen LogP contribution in [-0.4, -0.2) is 55.0 Å². The maximum atomic E-state index is 12.8. The van der Waals surface area contributed by atoms with Crippen molar-refractivity contribution in [2.45, 2.75) is 13.5 Å². The summed E-state index contributed by atoms with van der Waals surface area (Å²) in [4.78, 5) is 28.7. The first-order valence-corrected chi connectivity index (χ1v) is 9.09. The molecule has 6 nitrogen and oxygen atoms in total. The fraction of sp³-hybridized carbons (Fsp3) is 0.333. The summed E-state index contributed by atoms with van der Waals surface area (Å²) in [6.45, 7) is 4.49. The predicted octanol–water partition coefficient (Wildman–Crippen LogP) is 2.67. The summed E-state index contributed by atoms with van der Waals surface area (Å²) in [5, 5.41) is 2.93. The molecule has 3 rings (SSSR count). The van der Waals surface area contributed by atoms with Gasteiger partial charge in [-0.05, 0) is 24.6 Å². The molecule has 1 heterocycles. The van der Waals surface area contributed by atoms with Gasteiger partial charge in [0.2, 0.25) is 0 Å². The van der Waals surface area contributed by atoms with Gasteiger partial charge in [-0.15, -0.1) is 0 Å². The molecule has 0 atom stereocenters. The maximum absolute atomic E-state index is 12.8. The van der Waals surface area contributed by atoms with Crippen molar-refractivity contribution in [2.24, 2.45) is 0 Å². The van der Waals surface area contributed by atoms with Gasteiger partial charge in [0.05, 0.1) is 12.7 Å². The van der Waals surface area contributed by atoms with Gasteiger partial charge in [-0.1, -0.05) is 42.0 Å². The molecule has 1 N–H and O–H groups in total. The van der Waals surface area contributed by atoms with Gasteiger partial charge < -0.3 is 19.9 Å². The van der Waals surface area contributed by atoms with Gasteiger partial charge in [-0.25, -0.2) is 4.79 Å². The molecule has 1 fully saturated rings. The number of rotatable bonds is 4. The Morgan fingerprint density at radius 1 is 1.00 bits per heavy atom. The lowest BCUT2D eigenvalue weighted by Crippen LogP contribution is -2.53. The molecule has 0 saturated carbocycles. The summed E-state index contributed by atoms with van der Waals surface area (Å²) < 4.78 is 5.32. The van der Waals surface area contributed by atoms with Crippen molar-refractivity contribution in [2.75, 3.05) is 33.3 Å². The third kappa shape index (κ3) is 4.58. The first-order valence-electron chi connectivity index (χ1n) is 9.09. The molecule has 1 aliphatic heterocycles. The van der Waals surface area contributed by atoms with Crippen LogP contribution in [0.5, 0.6) is 5.75 Å². The Hall–Kier alpha value is -3.02. The fourth-order valence-corrected chi connectivity index (χ4v) is 3.16. The number of piperazine rings is 1. The molecule has 1 aliphatic rings. The van der Waals surface area contributed by atoms with Gasteiger partial charge >= 0.3 is 6.03 Å². The van der Waals surface area contributed by atoms with E-state index in [4.69, 9.17) is 4.74 Å². The Balaban J connectivity index is 1.54. The van der Waals surface area contributed by atoms with Crippen LogP contribution in [0.2, 0.25) is 0 Å². The zero-order valence-electron chi connectivity index (χ0n) is 15.8. The molecule has 27 heavy (non-hydrogen) atoms. The fourth-order valence-electron chi connectivity index (χ4n) is 3.16. The second kappa shape index (κ2) is 8.58. The average molecular weight is 367 g/mol. The topological polar surface area (TPSA) is 61.9 Å². The van der Waals surface area contributed by atoms with E-state index >= 15 is 0 Å². The van der Waals surface area contributed by atoms with Crippen LogP contribution in [0, 0.1) is 6.92 Å². The summed E-state index contributed by atoms with van der Waals surface area (Å²) in [5.74, 6) is 0.522. The standard InChI is InChI=1S/C21H25N3O3/c1-16-8-9-19(27-2)18(14-16)20(25)23-10-12-24(13-11-23)21(26)22-15-17-6-4-3-5-7-17/h3-9,14H,10-13,15H2,1-2H3,(H,22,26). The molecule has 6 heteroatoms. The monoisotopic (exact) mass is 367 g/mol. The smallest absolute Gasteiger partial charge is 0.317 e. The van der Waals surface area contributed by atoms with Gasteiger partial charge in [0.1, 0.15) is 5.75 Å². The number of benzene rings is 2. The van der Waals surface area contributed by atoms with Crippen LogP contribution in [-0.2, 0) is 6.54 Å². The lowest BCUT2D eigenvalue weighted by molar-refractivity contribution is 0.0661. The molecule has 3 amide bonds. The number of nitrogens with zero attached hydrogens (tertiary/aromatic N) is 2. The van der Waals surface area contributed by atoms with Crippen molar-refractivity contribution in [3.8, 4) is 5.75 Å². The first kappa shape index (κ1) is 18.8. The van der Waals surface area contributed by atoms with E-state index in [0.717, 1.165) is 11.1 Å². The number of urea groups is 1. The van der Waals surface area contributed by atoms with Gasteiger partial charge in [0.25, 0.3) is 5.91 Å². The third-order valence-electron chi connectivity index (χ3n) is 4.73. The Labute approximate surface area is 159 Å². The van der Waals surface area contributed by atoms with Crippen LogP contribution in [0.1, 0.15) is 21.5 Å². The minimum atomic E-state index is -0.0981. The number of hydrogen-bond acceptors (Lipinski definition) is 3. The van der Waals surface area contributed by atoms with Crippen LogP contribution in [0.4, 0.5) is 4.79 Å². The van der Waals surface area contributed by atoms with Crippen LogP contribution >= 0.6 is 0 Å². The van der Waals surface area contributed by atoms with E-state index in [-0.39, 0.29) is 11.9 Å². The molecule has 0 unspecified atom stereocenters. The van der Waals surface area contributed by atoms with E-state index in [9.17, 15) is 9.59 Å². The van der Waals surface area contributed by atoms with E-state index in [1.165, 1.54) is 0 Å².